The summed E-state index contributed by atoms with van der Waals surface area (Å²) in [6, 6.07) is 11.8. The minimum absolute atomic E-state index is 0.121. The fraction of sp³-hybridized carbons (Fsp3) is 0.0588. The second-order valence-corrected chi connectivity index (χ2v) is 4.83. The predicted molar refractivity (Wildman–Crippen MR) is 87.3 cm³/mol. The van der Waals surface area contributed by atoms with Crippen LogP contribution in [0.25, 0.3) is 0 Å². The van der Waals surface area contributed by atoms with Gasteiger partial charge in [-0.15, -0.1) is 0 Å². The molecule has 3 N–H and O–H groups in total. The summed E-state index contributed by atoms with van der Waals surface area (Å²) in [6.07, 6.45) is 1.36. The van der Waals surface area contributed by atoms with Crippen molar-refractivity contribution >= 4 is 18.0 Å². The molecule has 0 atom stereocenters. The molecule has 0 aliphatic carbocycles. The zero-order chi connectivity index (χ0) is 18.2. The third kappa shape index (κ3) is 5.14. The lowest BCUT2D eigenvalue weighted by atomic mass is 10.1. The average molecular weight is 340 g/mol. The van der Waals surface area contributed by atoms with Crippen LogP contribution in [0.1, 0.15) is 21.5 Å². The Balaban J connectivity index is 1.95. The number of nitriles is 1. The Morgan fingerprint density at radius 2 is 2.00 bits per heavy atom. The van der Waals surface area contributed by atoms with Crippen LogP contribution < -0.4 is 15.9 Å². The number of benzene rings is 2. The van der Waals surface area contributed by atoms with Crippen LogP contribution in [0.5, 0.6) is 5.75 Å². The van der Waals surface area contributed by atoms with Crippen LogP contribution >= 0.6 is 0 Å². The molecule has 2 aromatic rings. The van der Waals surface area contributed by atoms with Crippen LogP contribution in [-0.2, 0) is 4.79 Å². The zero-order valence-electron chi connectivity index (χ0n) is 12.9. The topological polar surface area (TPSA) is 118 Å². The van der Waals surface area contributed by atoms with Gasteiger partial charge in [0.25, 0.3) is 11.8 Å². The van der Waals surface area contributed by atoms with Gasteiger partial charge in [0.05, 0.1) is 23.4 Å². The van der Waals surface area contributed by atoms with Crippen molar-refractivity contribution in [2.45, 2.75) is 0 Å². The molecule has 8 heteroatoms. The number of halogens is 1. The van der Waals surface area contributed by atoms with Gasteiger partial charge in [0, 0.05) is 0 Å². The Hall–Kier alpha value is -3.73. The maximum atomic E-state index is 13.7. The minimum atomic E-state index is -0.803. The first-order valence-electron chi connectivity index (χ1n) is 7.04. The summed E-state index contributed by atoms with van der Waals surface area (Å²) in [5.74, 6) is -1.66. The van der Waals surface area contributed by atoms with Crippen LogP contribution in [0.4, 0.5) is 4.39 Å². The molecule has 7 nitrogen and oxygen atoms in total. The number of primary amides is 1. The smallest absolute Gasteiger partial charge is 0.274 e. The Bertz CT molecular complexity index is 857. The maximum Gasteiger partial charge on any atom is 0.274 e. The summed E-state index contributed by atoms with van der Waals surface area (Å²) >= 11 is 0. The van der Waals surface area contributed by atoms with Crippen molar-refractivity contribution in [3.63, 3.8) is 0 Å². The number of ether oxygens (including phenoxy) is 1. The van der Waals surface area contributed by atoms with E-state index in [-0.39, 0.29) is 17.7 Å². The Morgan fingerprint density at radius 1 is 1.28 bits per heavy atom. The predicted octanol–water partition coefficient (Wildman–Crippen LogP) is 1.33. The number of hydrogen-bond acceptors (Lipinski definition) is 5. The molecule has 0 aliphatic rings. The second-order valence-electron chi connectivity index (χ2n) is 4.83. The number of rotatable bonds is 6. The molecule has 0 unspecified atom stereocenters. The minimum Gasteiger partial charge on any atom is -0.484 e. The van der Waals surface area contributed by atoms with E-state index in [0.717, 1.165) is 6.07 Å². The molecule has 0 saturated carbocycles. The van der Waals surface area contributed by atoms with E-state index >= 15 is 0 Å². The fourth-order valence-electron chi connectivity index (χ4n) is 1.80. The summed E-state index contributed by atoms with van der Waals surface area (Å²) in [7, 11) is 0. The number of nitrogens with zero attached hydrogens (tertiary/aromatic N) is 2. The SMILES string of the molecule is N#Cc1ccc(C(=O)N/N=C\c2ccc(OCC(N)=O)cc2)c(F)c1. The van der Waals surface area contributed by atoms with Gasteiger partial charge in [0.2, 0.25) is 0 Å². The summed E-state index contributed by atoms with van der Waals surface area (Å²) in [5, 5.41) is 12.4. The van der Waals surface area contributed by atoms with Crippen molar-refractivity contribution in [3.05, 3.63) is 65.0 Å². The summed E-state index contributed by atoms with van der Waals surface area (Å²) in [4.78, 5) is 22.5. The molecule has 0 fully saturated rings. The molecule has 0 saturated heterocycles. The average Bonchev–Trinajstić information content (AvgIpc) is 2.60. The molecule has 2 amide bonds. The molecule has 0 aliphatic heterocycles. The Labute approximate surface area is 142 Å². The van der Waals surface area contributed by atoms with Crippen LogP contribution in [0.15, 0.2) is 47.6 Å². The summed E-state index contributed by atoms with van der Waals surface area (Å²) in [5.41, 5.74) is 7.72. The standard InChI is InChI=1S/C17H13FN4O3/c18-15-7-12(8-19)3-6-14(15)17(24)22-21-9-11-1-4-13(5-2-11)25-10-16(20)23/h1-7,9H,10H2,(H2,20,23)(H,22,24)/b21-9-. The Morgan fingerprint density at radius 3 is 2.60 bits per heavy atom. The maximum absolute atomic E-state index is 13.7. The molecular weight excluding hydrogens is 327 g/mol. The third-order valence-corrected chi connectivity index (χ3v) is 2.98. The van der Waals surface area contributed by atoms with Gasteiger partial charge < -0.3 is 10.5 Å². The first-order chi connectivity index (χ1) is 12.0. The van der Waals surface area contributed by atoms with Gasteiger partial charge in [-0.3, -0.25) is 9.59 Å². The first-order valence-corrected chi connectivity index (χ1v) is 7.04. The lowest BCUT2D eigenvalue weighted by Crippen LogP contribution is -2.20. The molecule has 25 heavy (non-hydrogen) atoms. The number of hydrazone groups is 1. The Kier molecular flexibility index (Phi) is 5.79. The highest BCUT2D eigenvalue weighted by Crippen LogP contribution is 2.11. The van der Waals surface area contributed by atoms with Crippen LogP contribution in [0.2, 0.25) is 0 Å². The normalized spacial score (nSPS) is 10.2. The van der Waals surface area contributed by atoms with E-state index in [2.05, 4.69) is 10.5 Å². The highest BCUT2D eigenvalue weighted by Gasteiger charge is 2.11. The van der Waals surface area contributed by atoms with Crippen molar-refractivity contribution < 1.29 is 18.7 Å². The van der Waals surface area contributed by atoms with Gasteiger partial charge in [-0.1, -0.05) is 0 Å². The van der Waals surface area contributed by atoms with E-state index in [9.17, 15) is 14.0 Å². The van der Waals surface area contributed by atoms with Crippen LogP contribution in [0.3, 0.4) is 0 Å². The van der Waals surface area contributed by atoms with Gasteiger partial charge in [0.15, 0.2) is 6.61 Å². The number of carbonyl (C=O) groups excluding carboxylic acids is 2. The van der Waals surface area contributed by atoms with Gasteiger partial charge in [-0.05, 0) is 48.0 Å². The fourth-order valence-corrected chi connectivity index (χ4v) is 1.80. The van der Waals surface area contributed by atoms with Gasteiger partial charge >= 0.3 is 0 Å². The van der Waals surface area contributed by atoms with E-state index in [0.29, 0.717) is 11.3 Å². The summed E-state index contributed by atoms with van der Waals surface area (Å²) < 4.78 is 18.8. The van der Waals surface area contributed by atoms with E-state index in [1.54, 1.807) is 30.3 Å². The number of hydrogen-bond donors (Lipinski definition) is 2. The lowest BCUT2D eigenvalue weighted by Gasteiger charge is -2.03. The van der Waals surface area contributed by atoms with E-state index in [4.69, 9.17) is 15.7 Å². The van der Waals surface area contributed by atoms with Gasteiger partial charge in [-0.2, -0.15) is 10.4 Å². The van der Waals surface area contributed by atoms with Crippen molar-refractivity contribution in [2.75, 3.05) is 6.61 Å². The third-order valence-electron chi connectivity index (χ3n) is 2.98. The van der Waals surface area contributed by atoms with Crippen molar-refractivity contribution in [3.8, 4) is 11.8 Å². The number of carbonyl (C=O) groups is 2. The molecule has 0 radical (unpaired) electrons. The molecule has 2 rings (SSSR count). The second kappa shape index (κ2) is 8.21. The van der Waals surface area contributed by atoms with Gasteiger partial charge in [0.1, 0.15) is 11.6 Å². The monoisotopic (exact) mass is 340 g/mol. The molecule has 2 aromatic carbocycles. The zero-order valence-corrected chi connectivity index (χ0v) is 12.9. The number of nitrogens with two attached hydrogens (primary N) is 1. The van der Waals surface area contributed by atoms with Crippen LogP contribution in [-0.4, -0.2) is 24.6 Å². The first kappa shape index (κ1) is 17.6. The van der Waals surface area contributed by atoms with Crippen molar-refractivity contribution in [1.29, 1.82) is 5.26 Å². The van der Waals surface area contributed by atoms with E-state index < -0.39 is 17.6 Å². The molecule has 0 spiro atoms. The van der Waals surface area contributed by atoms with Crippen LogP contribution in [0, 0.1) is 17.1 Å². The molecular formula is C17H13FN4O3. The van der Waals surface area contributed by atoms with Gasteiger partial charge in [-0.25, -0.2) is 9.82 Å². The largest absolute Gasteiger partial charge is 0.484 e. The van der Waals surface area contributed by atoms with Crippen molar-refractivity contribution in [1.82, 2.24) is 5.43 Å². The van der Waals surface area contributed by atoms with E-state index in [1.807, 2.05) is 0 Å². The number of nitrogens with one attached hydrogen (secondary N) is 1. The lowest BCUT2D eigenvalue weighted by molar-refractivity contribution is -0.119. The highest BCUT2D eigenvalue weighted by atomic mass is 19.1. The summed E-state index contributed by atoms with van der Waals surface area (Å²) in [6.45, 7) is -0.223. The molecule has 0 aromatic heterocycles. The highest BCUT2D eigenvalue weighted by molar-refractivity contribution is 5.95. The van der Waals surface area contributed by atoms with Crippen molar-refractivity contribution in [2.24, 2.45) is 10.8 Å². The molecule has 0 heterocycles. The van der Waals surface area contributed by atoms with E-state index in [1.165, 1.54) is 18.3 Å². The number of amides is 2. The molecule has 126 valence electrons. The molecule has 0 bridgehead atoms. The quantitative estimate of drug-likeness (QED) is 0.609.